The summed E-state index contributed by atoms with van der Waals surface area (Å²) in [5.74, 6) is 0.898. The van der Waals surface area contributed by atoms with Gasteiger partial charge in [0.15, 0.2) is 0 Å². The van der Waals surface area contributed by atoms with Crippen molar-refractivity contribution in [3.05, 3.63) is 40.8 Å². The first-order valence-electron chi connectivity index (χ1n) is 4.13. The van der Waals surface area contributed by atoms with Gasteiger partial charge >= 0.3 is 0 Å². The molecule has 0 saturated carbocycles. The van der Waals surface area contributed by atoms with Crippen LogP contribution in [0.5, 0.6) is 0 Å². The van der Waals surface area contributed by atoms with Crippen molar-refractivity contribution in [3.63, 3.8) is 0 Å². The molecule has 0 unspecified atom stereocenters. The van der Waals surface area contributed by atoms with Gasteiger partial charge in [0.25, 0.3) is 0 Å². The summed E-state index contributed by atoms with van der Waals surface area (Å²) in [6.45, 7) is 3.87. The number of nitriles is 1. The first-order valence-corrected chi connectivity index (χ1v) is 4.13. The van der Waals surface area contributed by atoms with E-state index >= 15 is 0 Å². The van der Waals surface area contributed by atoms with E-state index in [1.54, 1.807) is 12.1 Å². The zero-order valence-corrected chi connectivity index (χ0v) is 7.83. The third kappa shape index (κ3) is 2.07. The normalized spacial score (nSPS) is 10.1. The van der Waals surface area contributed by atoms with Crippen LogP contribution in [0.4, 0.5) is 0 Å². The molecule has 0 atom stereocenters. The Balaban J connectivity index is 3.12. The molecule has 0 aliphatic carbocycles. The Morgan fingerprint density at radius 2 is 2.23 bits per heavy atom. The van der Waals surface area contributed by atoms with Crippen molar-refractivity contribution in [2.75, 3.05) is 6.61 Å². The van der Waals surface area contributed by atoms with Crippen LogP contribution >= 0.6 is 0 Å². The summed E-state index contributed by atoms with van der Waals surface area (Å²) in [6.07, 6.45) is 0. The third-order valence-corrected chi connectivity index (χ3v) is 2.06. The SMILES string of the molecule is C[C](CO)c1cc(C#N)ccc1C. The van der Waals surface area contributed by atoms with Gasteiger partial charge in [0.2, 0.25) is 0 Å². The van der Waals surface area contributed by atoms with Crippen molar-refractivity contribution < 1.29 is 5.11 Å². The Hall–Kier alpha value is -1.33. The fraction of sp³-hybridized carbons (Fsp3) is 0.273. The lowest BCUT2D eigenvalue weighted by Gasteiger charge is -2.10. The average molecular weight is 174 g/mol. The molecule has 1 radical (unpaired) electrons. The minimum absolute atomic E-state index is 0.0374. The standard InChI is InChI=1S/C11H12NO/c1-8-3-4-10(6-12)5-11(8)9(2)7-13/h3-5,13H,7H2,1-2H3. The van der Waals surface area contributed by atoms with Crippen LogP contribution in [0.25, 0.3) is 0 Å². The molecule has 1 aromatic carbocycles. The minimum Gasteiger partial charge on any atom is -0.395 e. The highest BCUT2D eigenvalue weighted by molar-refractivity contribution is 5.43. The van der Waals surface area contributed by atoms with Crippen molar-refractivity contribution in [2.45, 2.75) is 13.8 Å². The number of hydrogen-bond acceptors (Lipinski definition) is 2. The number of benzene rings is 1. The zero-order valence-electron chi connectivity index (χ0n) is 7.83. The van der Waals surface area contributed by atoms with Crippen LogP contribution in [0.1, 0.15) is 23.6 Å². The quantitative estimate of drug-likeness (QED) is 0.743. The summed E-state index contributed by atoms with van der Waals surface area (Å²) in [7, 11) is 0. The summed E-state index contributed by atoms with van der Waals surface area (Å²) in [5, 5.41) is 17.6. The largest absolute Gasteiger partial charge is 0.395 e. The molecular formula is C11H12NO. The van der Waals surface area contributed by atoms with Gasteiger partial charge in [-0.05, 0) is 30.2 Å². The Bertz CT molecular complexity index is 338. The van der Waals surface area contributed by atoms with Gasteiger partial charge in [-0.2, -0.15) is 5.26 Å². The Kier molecular flexibility index (Phi) is 3.05. The van der Waals surface area contributed by atoms with E-state index < -0.39 is 0 Å². The molecule has 0 aliphatic rings. The molecule has 0 heterocycles. The summed E-state index contributed by atoms with van der Waals surface area (Å²) in [6, 6.07) is 7.56. The number of aliphatic hydroxyl groups is 1. The first-order chi connectivity index (χ1) is 6.19. The van der Waals surface area contributed by atoms with Gasteiger partial charge in [-0.25, -0.2) is 0 Å². The molecule has 0 amide bonds. The molecule has 0 bridgehead atoms. The van der Waals surface area contributed by atoms with E-state index in [9.17, 15) is 0 Å². The smallest absolute Gasteiger partial charge is 0.0991 e. The molecule has 2 heteroatoms. The molecule has 67 valence electrons. The number of nitrogens with zero attached hydrogens (tertiary/aromatic N) is 1. The summed E-state index contributed by atoms with van der Waals surface area (Å²) >= 11 is 0. The molecule has 0 spiro atoms. The maximum Gasteiger partial charge on any atom is 0.0991 e. The number of aryl methyl sites for hydroxylation is 1. The number of aliphatic hydroxyl groups excluding tert-OH is 1. The molecule has 1 N–H and O–H groups in total. The van der Waals surface area contributed by atoms with Crippen molar-refractivity contribution in [2.24, 2.45) is 0 Å². The molecule has 0 aliphatic heterocycles. The Labute approximate surface area is 78.4 Å². The maximum atomic E-state index is 8.96. The number of rotatable bonds is 2. The van der Waals surface area contributed by atoms with Crippen molar-refractivity contribution in [3.8, 4) is 6.07 Å². The molecule has 0 aromatic heterocycles. The number of hydrogen-bond donors (Lipinski definition) is 1. The second kappa shape index (κ2) is 4.06. The molecule has 0 fully saturated rings. The van der Waals surface area contributed by atoms with Gasteiger partial charge in [-0.15, -0.1) is 0 Å². The molecular weight excluding hydrogens is 162 g/mol. The summed E-state index contributed by atoms with van der Waals surface area (Å²) in [5.41, 5.74) is 2.69. The lowest BCUT2D eigenvalue weighted by molar-refractivity contribution is 0.314. The first kappa shape index (κ1) is 9.76. The van der Waals surface area contributed by atoms with Crippen LogP contribution in [-0.2, 0) is 0 Å². The summed E-state index contributed by atoms with van der Waals surface area (Å²) < 4.78 is 0. The fourth-order valence-corrected chi connectivity index (χ4v) is 1.24. The topological polar surface area (TPSA) is 44.0 Å². The van der Waals surface area contributed by atoms with Crippen molar-refractivity contribution in [1.82, 2.24) is 0 Å². The average Bonchev–Trinajstić information content (AvgIpc) is 2.17. The Morgan fingerprint density at radius 3 is 2.77 bits per heavy atom. The molecule has 13 heavy (non-hydrogen) atoms. The van der Waals surface area contributed by atoms with Crippen molar-refractivity contribution in [1.29, 1.82) is 5.26 Å². The van der Waals surface area contributed by atoms with E-state index in [4.69, 9.17) is 10.4 Å². The van der Waals surface area contributed by atoms with Gasteiger partial charge < -0.3 is 5.11 Å². The second-order valence-electron chi connectivity index (χ2n) is 3.08. The van der Waals surface area contributed by atoms with E-state index in [0.717, 1.165) is 17.0 Å². The van der Waals surface area contributed by atoms with Crippen LogP contribution in [0.15, 0.2) is 18.2 Å². The highest BCUT2D eigenvalue weighted by Crippen LogP contribution is 2.19. The van der Waals surface area contributed by atoms with Gasteiger partial charge in [0, 0.05) is 5.92 Å². The fourth-order valence-electron chi connectivity index (χ4n) is 1.24. The minimum atomic E-state index is 0.0374. The zero-order chi connectivity index (χ0) is 9.84. The Morgan fingerprint density at radius 1 is 1.54 bits per heavy atom. The van der Waals surface area contributed by atoms with Crippen LogP contribution in [0, 0.1) is 24.2 Å². The van der Waals surface area contributed by atoms with Gasteiger partial charge in [0.1, 0.15) is 0 Å². The van der Waals surface area contributed by atoms with Crippen LogP contribution < -0.4 is 0 Å². The van der Waals surface area contributed by atoms with E-state index in [2.05, 4.69) is 6.07 Å². The molecule has 0 saturated heterocycles. The highest BCUT2D eigenvalue weighted by Gasteiger charge is 2.08. The van der Waals surface area contributed by atoms with Crippen LogP contribution in [-0.4, -0.2) is 11.7 Å². The van der Waals surface area contributed by atoms with Gasteiger partial charge in [0.05, 0.1) is 18.2 Å². The molecule has 1 aromatic rings. The van der Waals surface area contributed by atoms with Crippen LogP contribution in [0.3, 0.4) is 0 Å². The third-order valence-electron chi connectivity index (χ3n) is 2.06. The second-order valence-corrected chi connectivity index (χ2v) is 3.08. The van der Waals surface area contributed by atoms with Crippen LogP contribution in [0.2, 0.25) is 0 Å². The highest BCUT2D eigenvalue weighted by atomic mass is 16.3. The van der Waals surface area contributed by atoms with E-state index in [0.29, 0.717) is 5.56 Å². The lowest BCUT2D eigenvalue weighted by Crippen LogP contribution is -2.02. The van der Waals surface area contributed by atoms with E-state index in [1.807, 2.05) is 19.9 Å². The van der Waals surface area contributed by atoms with Gasteiger partial charge in [-0.1, -0.05) is 13.0 Å². The predicted octanol–water partition coefficient (Wildman–Crippen LogP) is 1.80. The van der Waals surface area contributed by atoms with Gasteiger partial charge in [-0.3, -0.25) is 0 Å². The monoisotopic (exact) mass is 174 g/mol. The van der Waals surface area contributed by atoms with E-state index in [-0.39, 0.29) is 6.61 Å². The lowest BCUT2D eigenvalue weighted by atomic mass is 9.95. The molecule has 2 nitrogen and oxygen atoms in total. The summed E-state index contributed by atoms with van der Waals surface area (Å²) in [4.78, 5) is 0. The molecule has 1 rings (SSSR count). The predicted molar refractivity (Wildman–Crippen MR) is 51.0 cm³/mol. The van der Waals surface area contributed by atoms with E-state index in [1.165, 1.54) is 0 Å². The van der Waals surface area contributed by atoms with Crippen molar-refractivity contribution >= 4 is 0 Å². The maximum absolute atomic E-state index is 8.96.